The highest BCUT2D eigenvalue weighted by molar-refractivity contribution is 6.60. The van der Waals surface area contributed by atoms with Crippen LogP contribution in [0, 0.1) is 0 Å². The average Bonchev–Trinajstić information content (AvgIpc) is 2.86. The molecule has 0 spiro atoms. The fraction of sp³-hybridized carbons (Fsp3) is 0.778. The second kappa shape index (κ2) is 19.2. The van der Waals surface area contributed by atoms with Gasteiger partial charge in [-0.1, -0.05) is 77.0 Å². The van der Waals surface area contributed by atoms with E-state index in [2.05, 4.69) is 6.07 Å². The number of benzene rings is 1. The van der Waals surface area contributed by atoms with Gasteiger partial charge in [0.1, 0.15) is 11.5 Å². The monoisotopic (exact) mass is 482 g/mol. The van der Waals surface area contributed by atoms with E-state index in [0.29, 0.717) is 0 Å². The van der Waals surface area contributed by atoms with Crippen LogP contribution in [-0.4, -0.2) is 44.4 Å². The van der Waals surface area contributed by atoms with E-state index in [9.17, 15) is 0 Å². The van der Waals surface area contributed by atoms with Crippen LogP contribution in [0.15, 0.2) is 18.2 Å². The van der Waals surface area contributed by atoms with Gasteiger partial charge in [0.2, 0.25) is 0 Å². The molecule has 0 fully saturated rings. The molecule has 0 saturated carbocycles. The molecule has 0 bridgehead atoms. The largest absolute Gasteiger partial charge is 0.500 e. The first-order valence-electron chi connectivity index (χ1n) is 13.0. The minimum atomic E-state index is -2.36. The second-order valence-electron chi connectivity index (χ2n) is 8.92. The summed E-state index contributed by atoms with van der Waals surface area (Å²) in [5, 5.41) is 0. The molecule has 5 nitrogen and oxygen atoms in total. The lowest BCUT2D eigenvalue weighted by Crippen LogP contribution is -2.42. The molecule has 0 aromatic heterocycles. The third-order valence-corrected chi connectivity index (χ3v) is 9.43. The van der Waals surface area contributed by atoms with Gasteiger partial charge in [-0.3, -0.25) is 0 Å². The van der Waals surface area contributed by atoms with Crippen LogP contribution >= 0.6 is 0 Å². The minimum absolute atomic E-state index is 0.912. The normalized spacial score (nSPS) is 11.7. The first kappa shape index (κ1) is 29.9. The summed E-state index contributed by atoms with van der Waals surface area (Å²) < 4.78 is 27.2. The molecule has 0 saturated heterocycles. The molecule has 0 heterocycles. The van der Waals surface area contributed by atoms with Gasteiger partial charge in [0, 0.05) is 27.4 Å². The molecule has 0 aliphatic heterocycles. The molecular formula is C27H50O5Si. The van der Waals surface area contributed by atoms with E-state index < -0.39 is 8.80 Å². The Morgan fingerprint density at radius 3 is 1.42 bits per heavy atom. The maximum Gasteiger partial charge on any atom is 0.500 e. The minimum Gasteiger partial charge on any atom is -0.497 e. The molecule has 0 N–H and O–H groups in total. The van der Waals surface area contributed by atoms with Gasteiger partial charge >= 0.3 is 8.80 Å². The predicted octanol–water partition coefficient (Wildman–Crippen LogP) is 7.59. The average molecular weight is 483 g/mol. The molecule has 0 amide bonds. The third-order valence-electron chi connectivity index (χ3n) is 6.60. The quantitative estimate of drug-likeness (QED) is 0.126. The molecule has 0 radical (unpaired) electrons. The summed E-state index contributed by atoms with van der Waals surface area (Å²) >= 11 is 0. The maximum atomic E-state index is 5.48. The molecule has 0 atom stereocenters. The van der Waals surface area contributed by atoms with Gasteiger partial charge in [-0.15, -0.1) is 0 Å². The number of rotatable bonds is 22. The molecule has 1 aromatic carbocycles. The standard InChI is InChI=1S/C27H50O5Si/c1-28-26-21-22-27(29-2)25(24-26)20-18-16-14-12-10-8-6-7-9-11-13-15-17-19-23-33(30-3,31-4)32-5/h21-22,24H,6-20,23H2,1-5H3. The Morgan fingerprint density at radius 1 is 0.545 bits per heavy atom. The van der Waals surface area contributed by atoms with E-state index in [4.69, 9.17) is 22.8 Å². The summed E-state index contributed by atoms with van der Waals surface area (Å²) in [6, 6.07) is 7.00. The van der Waals surface area contributed by atoms with Gasteiger partial charge in [0.05, 0.1) is 14.2 Å². The number of hydrogen-bond acceptors (Lipinski definition) is 5. The molecule has 192 valence electrons. The first-order valence-corrected chi connectivity index (χ1v) is 14.9. The van der Waals surface area contributed by atoms with Crippen LogP contribution in [0.25, 0.3) is 0 Å². The van der Waals surface area contributed by atoms with Crippen molar-refractivity contribution in [2.24, 2.45) is 0 Å². The third kappa shape index (κ3) is 12.8. The van der Waals surface area contributed by atoms with Crippen LogP contribution in [-0.2, 0) is 19.7 Å². The smallest absolute Gasteiger partial charge is 0.497 e. The molecular weight excluding hydrogens is 432 g/mol. The SMILES string of the molecule is COc1ccc(OC)c(CCCCCCCCCCCCCCCC[Si](OC)(OC)OC)c1. The lowest BCUT2D eigenvalue weighted by molar-refractivity contribution is 0.122. The lowest BCUT2D eigenvalue weighted by atomic mass is 10.0. The zero-order valence-corrected chi connectivity index (χ0v) is 23.1. The topological polar surface area (TPSA) is 46.2 Å². The van der Waals surface area contributed by atoms with Crippen molar-refractivity contribution >= 4 is 8.80 Å². The molecule has 0 aliphatic carbocycles. The van der Waals surface area contributed by atoms with Crippen molar-refractivity contribution in [1.29, 1.82) is 0 Å². The molecule has 0 unspecified atom stereocenters. The highest BCUT2D eigenvalue weighted by Gasteiger charge is 2.36. The summed E-state index contributed by atoms with van der Waals surface area (Å²) in [7, 11) is 6.19. The van der Waals surface area contributed by atoms with Crippen LogP contribution in [0.1, 0.15) is 95.5 Å². The summed E-state index contributed by atoms with van der Waals surface area (Å²) in [6.45, 7) is 0. The van der Waals surface area contributed by atoms with Crippen molar-refractivity contribution < 1.29 is 22.8 Å². The summed E-state index contributed by atoms with van der Waals surface area (Å²) in [5.74, 6) is 1.89. The van der Waals surface area contributed by atoms with Gasteiger partial charge in [-0.2, -0.15) is 0 Å². The predicted molar refractivity (Wildman–Crippen MR) is 139 cm³/mol. The Bertz CT molecular complexity index is 584. The number of methoxy groups -OCH3 is 2. The van der Waals surface area contributed by atoms with Gasteiger partial charge in [0.15, 0.2) is 0 Å². The molecule has 33 heavy (non-hydrogen) atoms. The highest BCUT2D eigenvalue weighted by Crippen LogP contribution is 2.26. The Labute approximate surface area is 204 Å². The Morgan fingerprint density at radius 2 is 1.00 bits per heavy atom. The van der Waals surface area contributed by atoms with Crippen molar-refractivity contribution in [2.45, 2.75) is 102 Å². The zero-order chi connectivity index (χ0) is 24.2. The zero-order valence-electron chi connectivity index (χ0n) is 22.1. The Kier molecular flexibility index (Phi) is 17.5. The van der Waals surface area contributed by atoms with Crippen molar-refractivity contribution in [3.8, 4) is 11.5 Å². The first-order chi connectivity index (χ1) is 16.1. The fourth-order valence-corrected chi connectivity index (χ4v) is 6.21. The van der Waals surface area contributed by atoms with Crippen LogP contribution in [0.4, 0.5) is 0 Å². The second-order valence-corrected chi connectivity index (χ2v) is 12.0. The van der Waals surface area contributed by atoms with Crippen molar-refractivity contribution in [3.63, 3.8) is 0 Å². The Balaban J connectivity index is 1.90. The maximum absolute atomic E-state index is 5.48. The molecule has 0 aliphatic rings. The Hall–Kier alpha value is -1.08. The van der Waals surface area contributed by atoms with Crippen LogP contribution in [0.5, 0.6) is 11.5 Å². The summed E-state index contributed by atoms with van der Waals surface area (Å²) in [5.41, 5.74) is 1.26. The van der Waals surface area contributed by atoms with Crippen molar-refractivity contribution in [3.05, 3.63) is 23.8 Å². The van der Waals surface area contributed by atoms with Gasteiger partial charge in [-0.05, 0) is 43.0 Å². The molecule has 6 heteroatoms. The van der Waals surface area contributed by atoms with E-state index in [-0.39, 0.29) is 0 Å². The van der Waals surface area contributed by atoms with E-state index in [1.807, 2.05) is 12.1 Å². The summed E-state index contributed by atoms with van der Waals surface area (Å²) in [6.07, 6.45) is 19.6. The van der Waals surface area contributed by atoms with E-state index in [1.165, 1.54) is 89.0 Å². The van der Waals surface area contributed by atoms with Crippen LogP contribution < -0.4 is 9.47 Å². The van der Waals surface area contributed by atoms with E-state index in [1.54, 1.807) is 35.5 Å². The van der Waals surface area contributed by atoms with Gasteiger partial charge in [0.25, 0.3) is 0 Å². The number of hydrogen-bond donors (Lipinski definition) is 0. The summed E-state index contributed by atoms with van der Waals surface area (Å²) in [4.78, 5) is 0. The number of ether oxygens (including phenoxy) is 2. The molecule has 1 aromatic rings. The molecule has 1 rings (SSSR count). The lowest BCUT2D eigenvalue weighted by Gasteiger charge is -2.24. The number of aryl methyl sites for hydroxylation is 1. The highest BCUT2D eigenvalue weighted by atomic mass is 28.4. The van der Waals surface area contributed by atoms with Crippen LogP contribution in [0.3, 0.4) is 0 Å². The fourth-order valence-electron chi connectivity index (χ4n) is 4.41. The van der Waals surface area contributed by atoms with Crippen LogP contribution in [0.2, 0.25) is 6.04 Å². The number of unbranched alkanes of at least 4 members (excludes halogenated alkanes) is 13. The van der Waals surface area contributed by atoms with E-state index in [0.717, 1.165) is 30.4 Å². The van der Waals surface area contributed by atoms with Gasteiger partial charge < -0.3 is 22.8 Å². The van der Waals surface area contributed by atoms with E-state index >= 15 is 0 Å². The van der Waals surface area contributed by atoms with Crippen molar-refractivity contribution in [1.82, 2.24) is 0 Å². The van der Waals surface area contributed by atoms with Gasteiger partial charge in [-0.25, -0.2) is 0 Å². The van der Waals surface area contributed by atoms with Crippen molar-refractivity contribution in [2.75, 3.05) is 35.5 Å².